The molecule has 0 fully saturated rings. The van der Waals surface area contributed by atoms with Crippen molar-refractivity contribution >= 4 is 38.9 Å². The van der Waals surface area contributed by atoms with Crippen LogP contribution in [0.2, 0.25) is 0 Å². The highest BCUT2D eigenvalue weighted by Gasteiger charge is 2.35. The quantitative estimate of drug-likeness (QED) is 0.157. The fraction of sp³-hybridized carbons (Fsp3) is 0.0526. The highest BCUT2D eigenvalue weighted by molar-refractivity contribution is 6.10. The number of hydrogen-bond donors (Lipinski definition) is 0. The molecule has 0 N–H and O–H groups in total. The standard InChI is InChI=1S/C57H42N2/c1-57(2)53-22-11-9-20-49(53)50-34-33-48(38-54(50)57)58(46-31-28-40(29-32-46)39-14-5-3-6-15-39)47-19-13-16-43(36-47)41-24-26-42(27-25-41)44-30-35-56-52(37-44)51-21-10-12-23-55(51)59(56)45-17-7-4-8-18-45/h3-38H,1-2H3. The van der Waals surface area contributed by atoms with Gasteiger partial charge in [-0.2, -0.15) is 0 Å². The first-order chi connectivity index (χ1) is 29.0. The fourth-order valence-electron chi connectivity index (χ4n) is 9.40. The predicted octanol–water partition coefficient (Wildman–Crippen LogP) is 15.6. The molecule has 2 nitrogen and oxygen atoms in total. The Kier molecular flexibility index (Phi) is 8.20. The lowest BCUT2D eigenvalue weighted by molar-refractivity contribution is 0.660. The van der Waals surface area contributed by atoms with Gasteiger partial charge in [-0.3, -0.25) is 0 Å². The van der Waals surface area contributed by atoms with Gasteiger partial charge >= 0.3 is 0 Å². The fourth-order valence-corrected chi connectivity index (χ4v) is 9.40. The maximum absolute atomic E-state index is 2.41. The first-order valence-corrected chi connectivity index (χ1v) is 20.5. The van der Waals surface area contributed by atoms with Crippen molar-refractivity contribution in [3.8, 4) is 50.2 Å². The summed E-state index contributed by atoms with van der Waals surface area (Å²) in [5.41, 5.74) is 19.5. The Labute approximate surface area is 345 Å². The molecule has 1 heterocycles. The van der Waals surface area contributed by atoms with Crippen LogP contribution in [0.15, 0.2) is 218 Å². The van der Waals surface area contributed by atoms with Crippen molar-refractivity contribution in [2.45, 2.75) is 19.3 Å². The largest absolute Gasteiger partial charge is 0.310 e. The van der Waals surface area contributed by atoms with E-state index in [1.54, 1.807) is 0 Å². The molecule has 11 rings (SSSR count). The lowest BCUT2D eigenvalue weighted by Crippen LogP contribution is -2.16. The van der Waals surface area contributed by atoms with E-state index in [0.29, 0.717) is 0 Å². The number of rotatable bonds is 7. The summed E-state index contributed by atoms with van der Waals surface area (Å²) < 4.78 is 2.37. The number of benzene rings is 9. The van der Waals surface area contributed by atoms with E-state index >= 15 is 0 Å². The summed E-state index contributed by atoms with van der Waals surface area (Å²) in [7, 11) is 0. The Hall–Kier alpha value is -7.42. The van der Waals surface area contributed by atoms with E-state index in [1.165, 1.54) is 83.1 Å². The Morgan fingerprint density at radius 1 is 0.339 bits per heavy atom. The molecular weight excluding hydrogens is 713 g/mol. The summed E-state index contributed by atoms with van der Waals surface area (Å²) in [6, 6.07) is 79.8. The lowest BCUT2D eigenvalue weighted by atomic mass is 9.82. The minimum absolute atomic E-state index is 0.0993. The zero-order valence-corrected chi connectivity index (χ0v) is 33.2. The van der Waals surface area contributed by atoms with Gasteiger partial charge in [0.15, 0.2) is 0 Å². The number of para-hydroxylation sites is 2. The van der Waals surface area contributed by atoms with E-state index in [9.17, 15) is 0 Å². The summed E-state index contributed by atoms with van der Waals surface area (Å²) in [6.07, 6.45) is 0. The van der Waals surface area contributed by atoms with E-state index < -0.39 is 0 Å². The van der Waals surface area contributed by atoms with Crippen LogP contribution in [0.1, 0.15) is 25.0 Å². The average Bonchev–Trinajstić information content (AvgIpc) is 3.75. The van der Waals surface area contributed by atoms with Gasteiger partial charge in [-0.15, -0.1) is 0 Å². The summed E-state index contributed by atoms with van der Waals surface area (Å²) >= 11 is 0. The molecule has 0 aliphatic heterocycles. The van der Waals surface area contributed by atoms with Crippen LogP contribution < -0.4 is 4.90 Å². The van der Waals surface area contributed by atoms with Gasteiger partial charge in [-0.25, -0.2) is 0 Å². The first-order valence-electron chi connectivity index (χ1n) is 20.5. The highest BCUT2D eigenvalue weighted by Crippen LogP contribution is 2.51. The minimum atomic E-state index is -0.0993. The van der Waals surface area contributed by atoms with E-state index in [-0.39, 0.29) is 5.41 Å². The van der Waals surface area contributed by atoms with Crippen molar-refractivity contribution < 1.29 is 0 Å². The molecule has 1 aromatic heterocycles. The molecule has 0 atom stereocenters. The molecular formula is C57H42N2. The third-order valence-corrected chi connectivity index (χ3v) is 12.4. The predicted molar refractivity (Wildman–Crippen MR) is 249 cm³/mol. The van der Waals surface area contributed by atoms with E-state index in [2.05, 4.69) is 242 Å². The number of anilines is 3. The third-order valence-electron chi connectivity index (χ3n) is 12.4. The maximum atomic E-state index is 2.41. The molecule has 2 heteroatoms. The van der Waals surface area contributed by atoms with Crippen LogP contribution in [0.4, 0.5) is 17.1 Å². The van der Waals surface area contributed by atoms with Crippen molar-refractivity contribution in [3.63, 3.8) is 0 Å². The molecule has 9 aromatic carbocycles. The molecule has 1 aliphatic carbocycles. The second-order valence-corrected chi connectivity index (χ2v) is 16.2. The van der Waals surface area contributed by atoms with Gasteiger partial charge < -0.3 is 9.47 Å². The minimum Gasteiger partial charge on any atom is -0.310 e. The first kappa shape index (κ1) is 34.8. The molecule has 10 aromatic rings. The molecule has 1 aliphatic rings. The van der Waals surface area contributed by atoms with Crippen LogP contribution in [-0.4, -0.2) is 4.57 Å². The van der Waals surface area contributed by atoms with Crippen molar-refractivity contribution in [2.75, 3.05) is 4.90 Å². The summed E-state index contributed by atoms with van der Waals surface area (Å²) in [5, 5.41) is 2.52. The topological polar surface area (TPSA) is 8.17 Å². The molecule has 59 heavy (non-hydrogen) atoms. The van der Waals surface area contributed by atoms with Gasteiger partial charge in [0.05, 0.1) is 11.0 Å². The van der Waals surface area contributed by atoms with Crippen LogP contribution in [0, 0.1) is 0 Å². The molecule has 0 amide bonds. The zero-order chi connectivity index (χ0) is 39.5. The zero-order valence-electron chi connectivity index (χ0n) is 33.2. The SMILES string of the molecule is CC1(C)c2ccccc2-c2ccc(N(c3ccc(-c4ccccc4)cc3)c3cccc(-c4ccc(-c5ccc6c(c5)c5ccccc5n6-c5ccccc5)cc4)c3)cc21. The monoisotopic (exact) mass is 754 g/mol. The van der Waals surface area contributed by atoms with E-state index in [1.807, 2.05) is 0 Å². The van der Waals surface area contributed by atoms with Crippen LogP contribution in [0.25, 0.3) is 72.0 Å². The Morgan fingerprint density at radius 2 is 0.864 bits per heavy atom. The molecule has 0 radical (unpaired) electrons. The second-order valence-electron chi connectivity index (χ2n) is 16.2. The summed E-state index contributed by atoms with van der Waals surface area (Å²) in [5.74, 6) is 0. The van der Waals surface area contributed by atoms with Gasteiger partial charge in [-0.05, 0) is 122 Å². The maximum Gasteiger partial charge on any atom is 0.0541 e. The van der Waals surface area contributed by atoms with Crippen LogP contribution in [0.5, 0.6) is 0 Å². The molecule has 0 bridgehead atoms. The van der Waals surface area contributed by atoms with E-state index in [0.717, 1.165) is 17.1 Å². The van der Waals surface area contributed by atoms with Gasteiger partial charge in [0.2, 0.25) is 0 Å². The second kappa shape index (κ2) is 13.9. The van der Waals surface area contributed by atoms with Gasteiger partial charge in [0, 0.05) is 38.9 Å². The van der Waals surface area contributed by atoms with Crippen molar-refractivity contribution in [2.24, 2.45) is 0 Å². The summed E-state index contributed by atoms with van der Waals surface area (Å²) in [6.45, 7) is 4.71. The number of fused-ring (bicyclic) bond motifs is 6. The number of aromatic nitrogens is 1. The van der Waals surface area contributed by atoms with Crippen molar-refractivity contribution in [1.82, 2.24) is 4.57 Å². The molecule has 0 unspecified atom stereocenters. The lowest BCUT2D eigenvalue weighted by Gasteiger charge is -2.28. The van der Waals surface area contributed by atoms with Gasteiger partial charge in [0.25, 0.3) is 0 Å². The van der Waals surface area contributed by atoms with Gasteiger partial charge in [-0.1, -0.05) is 166 Å². The Balaban J connectivity index is 0.968. The average molecular weight is 755 g/mol. The van der Waals surface area contributed by atoms with Crippen molar-refractivity contribution in [1.29, 1.82) is 0 Å². The van der Waals surface area contributed by atoms with Crippen LogP contribution >= 0.6 is 0 Å². The Morgan fingerprint density at radius 3 is 1.64 bits per heavy atom. The smallest absolute Gasteiger partial charge is 0.0541 e. The third kappa shape index (κ3) is 5.87. The van der Waals surface area contributed by atoms with Gasteiger partial charge in [0.1, 0.15) is 0 Å². The van der Waals surface area contributed by atoms with E-state index in [4.69, 9.17) is 0 Å². The van der Waals surface area contributed by atoms with Crippen molar-refractivity contribution in [3.05, 3.63) is 230 Å². The Bertz CT molecular complexity index is 3150. The normalized spacial score (nSPS) is 12.7. The number of hydrogen-bond acceptors (Lipinski definition) is 1. The molecule has 0 saturated heterocycles. The van der Waals surface area contributed by atoms with Crippen LogP contribution in [-0.2, 0) is 5.41 Å². The molecule has 280 valence electrons. The molecule has 0 saturated carbocycles. The summed E-state index contributed by atoms with van der Waals surface area (Å²) in [4.78, 5) is 2.41. The molecule has 0 spiro atoms. The number of nitrogens with zero attached hydrogens (tertiary/aromatic N) is 2. The van der Waals surface area contributed by atoms with Crippen LogP contribution in [0.3, 0.4) is 0 Å². The highest BCUT2D eigenvalue weighted by atomic mass is 15.1.